The molecule has 0 saturated carbocycles. The normalized spacial score (nSPS) is 11.0. The zero-order valence-corrected chi connectivity index (χ0v) is 12.9. The summed E-state index contributed by atoms with van der Waals surface area (Å²) in [4.78, 5) is 25.0. The lowest BCUT2D eigenvalue weighted by molar-refractivity contribution is 0.619. The topological polar surface area (TPSA) is 44.0 Å². The Kier molecular flexibility index (Phi) is 3.86. The number of hydrogen-bond acceptors (Lipinski definition) is 2. The van der Waals surface area contributed by atoms with Crippen molar-refractivity contribution in [2.75, 3.05) is 0 Å². The first-order chi connectivity index (χ1) is 10.6. The Balaban J connectivity index is 2.26. The summed E-state index contributed by atoms with van der Waals surface area (Å²) in [6.07, 6.45) is 0. The van der Waals surface area contributed by atoms with Crippen LogP contribution < -0.4 is 11.2 Å². The first-order valence-electron chi connectivity index (χ1n) is 7.08. The predicted molar refractivity (Wildman–Crippen MR) is 88.7 cm³/mol. The first-order valence-corrected chi connectivity index (χ1v) is 7.46. The number of aromatic nitrogens is 2. The van der Waals surface area contributed by atoms with Crippen LogP contribution in [0.3, 0.4) is 0 Å². The Morgan fingerprint density at radius 1 is 0.955 bits per heavy atom. The van der Waals surface area contributed by atoms with Gasteiger partial charge >= 0.3 is 5.69 Å². The second-order valence-corrected chi connectivity index (χ2v) is 5.50. The number of hydrogen-bond donors (Lipinski definition) is 0. The van der Waals surface area contributed by atoms with Gasteiger partial charge in [-0.25, -0.2) is 4.79 Å². The van der Waals surface area contributed by atoms with Gasteiger partial charge in [0.05, 0.1) is 17.4 Å². The van der Waals surface area contributed by atoms with Gasteiger partial charge in [0, 0.05) is 11.6 Å². The molecule has 0 aliphatic rings. The smallest absolute Gasteiger partial charge is 0.289 e. The molecule has 0 N–H and O–H groups in total. The number of nitrogens with zero attached hydrogens (tertiary/aromatic N) is 2. The molecule has 2 aromatic carbocycles. The molecule has 0 fully saturated rings. The summed E-state index contributed by atoms with van der Waals surface area (Å²) in [7, 11) is 0. The molecular weight excluding hydrogens is 300 g/mol. The van der Waals surface area contributed by atoms with E-state index in [0.717, 1.165) is 5.56 Å². The number of para-hydroxylation sites is 1. The van der Waals surface area contributed by atoms with Crippen LogP contribution in [-0.4, -0.2) is 9.13 Å². The van der Waals surface area contributed by atoms with Crippen LogP contribution in [0.25, 0.3) is 10.9 Å². The minimum absolute atomic E-state index is 0.240. The molecule has 0 atom stereocenters. The summed E-state index contributed by atoms with van der Waals surface area (Å²) < 4.78 is 2.89. The van der Waals surface area contributed by atoms with Crippen LogP contribution in [0.2, 0.25) is 5.02 Å². The molecule has 1 aromatic heterocycles. The Labute approximate surface area is 132 Å². The summed E-state index contributed by atoms with van der Waals surface area (Å²) >= 11 is 5.90. The fraction of sp³-hybridized carbons (Fsp3) is 0.176. The fourth-order valence-corrected chi connectivity index (χ4v) is 2.70. The van der Waals surface area contributed by atoms with Gasteiger partial charge in [0.2, 0.25) is 0 Å². The summed E-state index contributed by atoms with van der Waals surface area (Å²) in [5.74, 6) is 0. The number of rotatable bonds is 3. The Hall–Kier alpha value is -2.33. The van der Waals surface area contributed by atoms with Crippen LogP contribution in [0.4, 0.5) is 0 Å². The van der Waals surface area contributed by atoms with Gasteiger partial charge in [-0.3, -0.25) is 13.9 Å². The van der Waals surface area contributed by atoms with Crippen molar-refractivity contribution in [3.63, 3.8) is 0 Å². The van der Waals surface area contributed by atoms with E-state index in [2.05, 4.69) is 0 Å². The quantitative estimate of drug-likeness (QED) is 0.746. The average molecular weight is 315 g/mol. The predicted octanol–water partition coefficient (Wildman–Crippen LogP) is 2.88. The minimum atomic E-state index is -0.291. The molecule has 5 heteroatoms. The summed E-state index contributed by atoms with van der Waals surface area (Å²) in [5, 5.41) is 1.21. The maximum Gasteiger partial charge on any atom is 0.331 e. The van der Waals surface area contributed by atoms with Crippen molar-refractivity contribution in [3.8, 4) is 0 Å². The van der Waals surface area contributed by atoms with Crippen LogP contribution >= 0.6 is 11.6 Å². The van der Waals surface area contributed by atoms with Crippen LogP contribution in [0.15, 0.2) is 58.1 Å². The van der Waals surface area contributed by atoms with Crippen molar-refractivity contribution in [1.82, 2.24) is 9.13 Å². The van der Waals surface area contributed by atoms with Crippen molar-refractivity contribution in [3.05, 3.63) is 80.0 Å². The molecule has 0 aliphatic carbocycles. The molecule has 22 heavy (non-hydrogen) atoms. The number of fused-ring (bicyclic) bond motifs is 1. The lowest BCUT2D eigenvalue weighted by Gasteiger charge is -2.13. The molecule has 0 saturated heterocycles. The molecule has 3 aromatic rings. The third-order valence-electron chi connectivity index (χ3n) is 3.70. The van der Waals surface area contributed by atoms with Gasteiger partial charge in [0.25, 0.3) is 5.56 Å². The van der Waals surface area contributed by atoms with E-state index in [9.17, 15) is 9.59 Å². The van der Waals surface area contributed by atoms with E-state index in [-0.39, 0.29) is 11.2 Å². The highest BCUT2D eigenvalue weighted by Crippen LogP contribution is 2.13. The van der Waals surface area contributed by atoms with Crippen molar-refractivity contribution in [2.24, 2.45) is 0 Å². The molecule has 0 spiro atoms. The standard InChI is InChI=1S/C17H15ClN2O2/c1-2-19-16(21)14-5-3-4-6-15(14)20(17(19)22)11-12-7-9-13(18)10-8-12/h3-10H,2,11H2,1H3. The van der Waals surface area contributed by atoms with E-state index in [1.54, 1.807) is 41.8 Å². The van der Waals surface area contributed by atoms with E-state index in [1.165, 1.54) is 4.57 Å². The lowest BCUT2D eigenvalue weighted by Crippen LogP contribution is -2.39. The molecule has 0 aliphatic heterocycles. The van der Waals surface area contributed by atoms with Crippen molar-refractivity contribution in [1.29, 1.82) is 0 Å². The molecule has 0 bridgehead atoms. The maximum atomic E-state index is 12.6. The highest BCUT2D eigenvalue weighted by Gasteiger charge is 2.11. The van der Waals surface area contributed by atoms with Crippen molar-refractivity contribution < 1.29 is 0 Å². The van der Waals surface area contributed by atoms with E-state index >= 15 is 0 Å². The third kappa shape index (κ3) is 2.46. The average Bonchev–Trinajstić information content (AvgIpc) is 2.54. The molecule has 0 radical (unpaired) electrons. The Morgan fingerprint density at radius 3 is 2.32 bits per heavy atom. The van der Waals surface area contributed by atoms with Crippen LogP contribution in [0.5, 0.6) is 0 Å². The molecule has 1 heterocycles. The minimum Gasteiger partial charge on any atom is -0.289 e. The van der Waals surface area contributed by atoms with E-state index in [0.29, 0.717) is 29.0 Å². The zero-order valence-electron chi connectivity index (χ0n) is 12.1. The maximum absolute atomic E-state index is 12.6. The molecule has 112 valence electrons. The Bertz CT molecular complexity index is 940. The SMILES string of the molecule is CCn1c(=O)c2ccccc2n(Cc2ccc(Cl)cc2)c1=O. The van der Waals surface area contributed by atoms with Gasteiger partial charge in [-0.2, -0.15) is 0 Å². The second kappa shape index (κ2) is 5.81. The molecule has 3 rings (SSSR count). The van der Waals surface area contributed by atoms with Gasteiger partial charge in [-0.1, -0.05) is 35.9 Å². The number of benzene rings is 2. The third-order valence-corrected chi connectivity index (χ3v) is 3.95. The molecular formula is C17H15ClN2O2. The fourth-order valence-electron chi connectivity index (χ4n) is 2.57. The van der Waals surface area contributed by atoms with E-state index in [1.807, 2.05) is 18.2 Å². The summed E-state index contributed by atoms with van der Waals surface area (Å²) in [6.45, 7) is 2.55. The lowest BCUT2D eigenvalue weighted by atomic mass is 10.2. The van der Waals surface area contributed by atoms with E-state index in [4.69, 9.17) is 11.6 Å². The van der Waals surface area contributed by atoms with E-state index < -0.39 is 0 Å². The van der Waals surface area contributed by atoms with Gasteiger partial charge < -0.3 is 0 Å². The highest BCUT2D eigenvalue weighted by molar-refractivity contribution is 6.30. The van der Waals surface area contributed by atoms with Crippen molar-refractivity contribution >= 4 is 22.5 Å². The zero-order chi connectivity index (χ0) is 15.7. The first kappa shape index (κ1) is 14.6. The monoisotopic (exact) mass is 314 g/mol. The van der Waals surface area contributed by atoms with Gasteiger partial charge in [0.15, 0.2) is 0 Å². The molecule has 4 nitrogen and oxygen atoms in total. The summed E-state index contributed by atoms with van der Waals surface area (Å²) in [5.41, 5.74) is 1.08. The number of halogens is 1. The van der Waals surface area contributed by atoms with Gasteiger partial charge in [0.1, 0.15) is 0 Å². The van der Waals surface area contributed by atoms with Crippen molar-refractivity contribution in [2.45, 2.75) is 20.0 Å². The highest BCUT2D eigenvalue weighted by atomic mass is 35.5. The van der Waals surface area contributed by atoms with Gasteiger partial charge in [-0.15, -0.1) is 0 Å². The molecule has 0 amide bonds. The second-order valence-electron chi connectivity index (χ2n) is 5.06. The summed E-state index contributed by atoms with van der Waals surface area (Å²) in [6, 6.07) is 14.5. The van der Waals surface area contributed by atoms with Crippen LogP contribution in [-0.2, 0) is 13.1 Å². The Morgan fingerprint density at radius 2 is 1.64 bits per heavy atom. The van der Waals surface area contributed by atoms with Crippen LogP contribution in [0.1, 0.15) is 12.5 Å². The largest absolute Gasteiger partial charge is 0.331 e. The van der Waals surface area contributed by atoms with Gasteiger partial charge in [-0.05, 0) is 36.8 Å². The van der Waals surface area contributed by atoms with Crippen LogP contribution in [0, 0.1) is 0 Å². The molecule has 0 unspecified atom stereocenters.